The van der Waals surface area contributed by atoms with E-state index in [1.165, 1.54) is 6.92 Å². The Morgan fingerprint density at radius 3 is 2.09 bits per heavy atom. The molecule has 0 aromatic heterocycles. The monoisotopic (exact) mass is 462 g/mol. The van der Waals surface area contributed by atoms with Gasteiger partial charge in [-0.1, -0.05) is 30.3 Å². The normalized spacial score (nSPS) is 23.0. The molecule has 3 rings (SSSR count). The van der Waals surface area contributed by atoms with Crippen molar-refractivity contribution in [3.63, 3.8) is 0 Å². The van der Waals surface area contributed by atoms with Crippen LogP contribution in [0, 0.1) is 5.92 Å². The van der Waals surface area contributed by atoms with Crippen molar-refractivity contribution in [2.24, 2.45) is 5.92 Å². The molecule has 1 N–H and O–H groups in total. The number of rotatable bonds is 5. The van der Waals surface area contributed by atoms with Crippen LogP contribution in [0.4, 0.5) is 26.3 Å². The fourth-order valence-electron chi connectivity index (χ4n) is 3.74. The number of hydrogen-bond acceptors (Lipinski definition) is 3. The number of benzene rings is 2. The zero-order valence-corrected chi connectivity index (χ0v) is 16.8. The second-order valence-electron chi connectivity index (χ2n) is 7.53. The van der Waals surface area contributed by atoms with Crippen molar-refractivity contribution >= 4 is 5.97 Å². The molecular weight excluding hydrogens is 442 g/mol. The second kappa shape index (κ2) is 9.11. The molecule has 0 saturated carbocycles. The summed E-state index contributed by atoms with van der Waals surface area (Å²) in [7, 11) is 0. The minimum absolute atomic E-state index is 0.0219. The second-order valence-corrected chi connectivity index (χ2v) is 7.53. The van der Waals surface area contributed by atoms with Crippen molar-refractivity contribution in [2.45, 2.75) is 44.0 Å². The predicted molar refractivity (Wildman–Crippen MR) is 101 cm³/mol. The topological polar surface area (TPSA) is 55.8 Å². The maximum Gasteiger partial charge on any atom is 0.416 e. The lowest BCUT2D eigenvalue weighted by Crippen LogP contribution is -2.40. The van der Waals surface area contributed by atoms with E-state index in [0.29, 0.717) is 17.7 Å². The van der Waals surface area contributed by atoms with E-state index in [2.05, 4.69) is 0 Å². The highest BCUT2D eigenvalue weighted by Crippen LogP contribution is 2.41. The van der Waals surface area contributed by atoms with Gasteiger partial charge in [-0.3, -0.25) is 4.79 Å². The molecule has 2 unspecified atom stereocenters. The Hall–Kier alpha value is -2.59. The molecule has 0 radical (unpaired) electrons. The van der Waals surface area contributed by atoms with Gasteiger partial charge in [-0.05, 0) is 42.7 Å². The van der Waals surface area contributed by atoms with Gasteiger partial charge in [0.05, 0.1) is 29.8 Å². The van der Waals surface area contributed by atoms with Crippen LogP contribution in [0.3, 0.4) is 0 Å². The van der Waals surface area contributed by atoms with E-state index in [1.54, 1.807) is 30.3 Å². The molecule has 2 aromatic carbocycles. The van der Waals surface area contributed by atoms with Crippen LogP contribution >= 0.6 is 0 Å². The van der Waals surface area contributed by atoms with Crippen molar-refractivity contribution in [3.8, 4) is 0 Å². The highest BCUT2D eigenvalue weighted by Gasteiger charge is 2.42. The summed E-state index contributed by atoms with van der Waals surface area (Å²) in [5, 5.41) is 9.63. The van der Waals surface area contributed by atoms with Crippen molar-refractivity contribution < 1.29 is 45.7 Å². The van der Waals surface area contributed by atoms with Crippen molar-refractivity contribution in [3.05, 3.63) is 70.8 Å². The van der Waals surface area contributed by atoms with E-state index in [-0.39, 0.29) is 24.7 Å². The molecule has 1 fully saturated rings. The average molecular weight is 462 g/mol. The van der Waals surface area contributed by atoms with E-state index >= 15 is 0 Å². The predicted octanol–water partition coefficient (Wildman–Crippen LogP) is 6.03. The van der Waals surface area contributed by atoms with Gasteiger partial charge in [0.2, 0.25) is 0 Å². The van der Waals surface area contributed by atoms with Gasteiger partial charge in [0.15, 0.2) is 6.29 Å². The molecule has 174 valence electrons. The summed E-state index contributed by atoms with van der Waals surface area (Å²) >= 11 is 0. The van der Waals surface area contributed by atoms with Gasteiger partial charge in [-0.25, -0.2) is 0 Å². The van der Waals surface area contributed by atoms with E-state index in [1.807, 2.05) is 0 Å². The number of halogens is 6. The highest BCUT2D eigenvalue weighted by atomic mass is 19.4. The summed E-state index contributed by atoms with van der Waals surface area (Å²) < 4.78 is 90.4. The van der Waals surface area contributed by atoms with E-state index in [9.17, 15) is 36.2 Å². The standard InChI is InChI=1S/C22H20F6O4/c1-12(14-9-15(21(23,24)25)11-16(10-14)22(26,27)28)32-20-18(13-5-3-2-4-6-13)17(19(29)30)7-8-31-20/h2-6,9-12,17-18,20H,7-8H2,1H3,(H,29,30)/t12?,17-,18+,20?/m1/s1. The molecule has 4 nitrogen and oxygen atoms in total. The first kappa shape index (κ1) is 24.1. The van der Waals surface area contributed by atoms with Crippen LogP contribution in [0.5, 0.6) is 0 Å². The summed E-state index contributed by atoms with van der Waals surface area (Å²) in [4.78, 5) is 11.8. The summed E-state index contributed by atoms with van der Waals surface area (Å²) in [6, 6.07) is 9.66. The SMILES string of the molecule is CC(OC1OCC[C@@H](C(=O)O)[C@@H]1c1ccccc1)c1cc(C(F)(F)F)cc(C(F)(F)F)c1. The quantitative estimate of drug-likeness (QED) is 0.551. The fourth-order valence-corrected chi connectivity index (χ4v) is 3.74. The van der Waals surface area contributed by atoms with Gasteiger partial charge in [-0.15, -0.1) is 0 Å². The first-order valence-electron chi connectivity index (χ1n) is 9.72. The first-order valence-corrected chi connectivity index (χ1v) is 9.72. The smallest absolute Gasteiger partial charge is 0.416 e. The zero-order chi connectivity index (χ0) is 23.7. The Bertz CT molecular complexity index is 909. The van der Waals surface area contributed by atoms with Crippen LogP contribution in [-0.2, 0) is 26.6 Å². The first-order chi connectivity index (χ1) is 14.9. The molecule has 32 heavy (non-hydrogen) atoms. The summed E-state index contributed by atoms with van der Waals surface area (Å²) in [6.45, 7) is 1.32. The van der Waals surface area contributed by atoms with Crippen LogP contribution in [0.25, 0.3) is 0 Å². The fraction of sp³-hybridized carbons (Fsp3) is 0.409. The largest absolute Gasteiger partial charge is 0.481 e. The number of hydrogen-bond donors (Lipinski definition) is 1. The maximum absolute atomic E-state index is 13.2. The van der Waals surface area contributed by atoms with Gasteiger partial charge < -0.3 is 14.6 Å². The Morgan fingerprint density at radius 2 is 1.59 bits per heavy atom. The molecule has 1 aliphatic heterocycles. The van der Waals surface area contributed by atoms with Crippen LogP contribution in [0.1, 0.15) is 47.6 Å². The number of ether oxygens (including phenoxy) is 2. The van der Waals surface area contributed by atoms with Crippen molar-refractivity contribution in [1.29, 1.82) is 0 Å². The molecule has 0 amide bonds. The molecule has 1 aliphatic rings. The molecule has 4 atom stereocenters. The third-order valence-electron chi connectivity index (χ3n) is 5.36. The molecular formula is C22H20F6O4. The van der Waals surface area contributed by atoms with Crippen molar-refractivity contribution in [2.75, 3.05) is 6.61 Å². The molecule has 2 aromatic rings. The summed E-state index contributed by atoms with van der Waals surface area (Å²) in [5.74, 6) is -2.78. The van der Waals surface area contributed by atoms with Crippen LogP contribution in [0.2, 0.25) is 0 Å². The molecule has 1 heterocycles. The Morgan fingerprint density at radius 1 is 1.03 bits per heavy atom. The van der Waals surface area contributed by atoms with Crippen LogP contribution < -0.4 is 0 Å². The van der Waals surface area contributed by atoms with Gasteiger partial charge >= 0.3 is 18.3 Å². The third-order valence-corrected chi connectivity index (χ3v) is 5.36. The van der Waals surface area contributed by atoms with Crippen molar-refractivity contribution in [1.82, 2.24) is 0 Å². The zero-order valence-electron chi connectivity index (χ0n) is 16.8. The van der Waals surface area contributed by atoms with E-state index in [4.69, 9.17) is 9.47 Å². The van der Waals surface area contributed by atoms with Crippen LogP contribution in [-0.4, -0.2) is 24.0 Å². The Labute approximate surface area is 179 Å². The minimum atomic E-state index is -4.99. The number of carboxylic acid groups (broad SMARTS) is 1. The Kier molecular flexibility index (Phi) is 6.85. The highest BCUT2D eigenvalue weighted by molar-refractivity contribution is 5.71. The lowest BCUT2D eigenvalue weighted by molar-refractivity contribution is -0.213. The maximum atomic E-state index is 13.2. The number of aliphatic carboxylic acids is 1. The van der Waals surface area contributed by atoms with E-state index in [0.717, 1.165) is 0 Å². The molecule has 0 aliphatic carbocycles. The van der Waals surface area contributed by atoms with Crippen LogP contribution in [0.15, 0.2) is 48.5 Å². The summed E-state index contributed by atoms with van der Waals surface area (Å²) in [5.41, 5.74) is -2.67. The van der Waals surface area contributed by atoms with Gasteiger partial charge in [0.1, 0.15) is 0 Å². The van der Waals surface area contributed by atoms with E-state index < -0.39 is 53.7 Å². The average Bonchev–Trinajstić information content (AvgIpc) is 2.72. The molecule has 0 spiro atoms. The lowest BCUT2D eigenvalue weighted by Gasteiger charge is -2.37. The number of carboxylic acids is 1. The molecule has 10 heteroatoms. The van der Waals surface area contributed by atoms with Gasteiger partial charge in [-0.2, -0.15) is 26.3 Å². The third kappa shape index (κ3) is 5.42. The van der Waals surface area contributed by atoms with Gasteiger partial charge in [0, 0.05) is 5.92 Å². The number of carbonyl (C=O) groups is 1. The minimum Gasteiger partial charge on any atom is -0.481 e. The van der Waals surface area contributed by atoms with Gasteiger partial charge in [0.25, 0.3) is 0 Å². The Balaban J connectivity index is 1.95. The lowest BCUT2D eigenvalue weighted by atomic mass is 9.82. The molecule has 1 saturated heterocycles. The summed E-state index contributed by atoms with van der Waals surface area (Å²) in [6.07, 6.45) is -12.2. The number of alkyl halides is 6. The molecule has 0 bridgehead atoms.